The first kappa shape index (κ1) is 22.1. The van der Waals surface area contributed by atoms with Crippen LogP contribution in [0.1, 0.15) is 21.7 Å². The van der Waals surface area contributed by atoms with Crippen LogP contribution in [0.25, 0.3) is 21.8 Å². The van der Waals surface area contributed by atoms with Gasteiger partial charge in [-0.25, -0.2) is 9.97 Å². The molecule has 0 amide bonds. The molecule has 0 aliphatic carbocycles. The highest BCUT2D eigenvalue weighted by Gasteiger charge is 2.30. The Morgan fingerprint density at radius 1 is 0.939 bits per heavy atom. The maximum Gasteiger partial charge on any atom is 0.416 e. The van der Waals surface area contributed by atoms with Gasteiger partial charge in [0, 0.05) is 58.2 Å². The summed E-state index contributed by atoms with van der Waals surface area (Å²) in [7, 11) is 0. The van der Waals surface area contributed by atoms with Crippen molar-refractivity contribution in [2.24, 2.45) is 0 Å². The maximum atomic E-state index is 12.8. The van der Waals surface area contributed by atoms with E-state index in [-0.39, 0.29) is 0 Å². The molecule has 8 heteroatoms. The normalized spacial score (nSPS) is 14.3. The molecule has 4 aromatic rings. The quantitative estimate of drug-likeness (QED) is 0.308. The van der Waals surface area contributed by atoms with E-state index in [1.54, 1.807) is 17.5 Å². The van der Waals surface area contributed by atoms with Gasteiger partial charge in [-0.1, -0.05) is 35.9 Å². The fourth-order valence-corrected chi connectivity index (χ4v) is 5.09. The molecule has 0 spiro atoms. The summed E-state index contributed by atoms with van der Waals surface area (Å²) in [5.41, 5.74) is 3.09. The Morgan fingerprint density at radius 2 is 1.67 bits per heavy atom. The molecule has 0 radical (unpaired) electrons. The summed E-state index contributed by atoms with van der Waals surface area (Å²) in [5, 5.41) is 0.728. The van der Waals surface area contributed by atoms with E-state index in [2.05, 4.69) is 27.0 Å². The van der Waals surface area contributed by atoms with Crippen LogP contribution in [0.3, 0.4) is 0 Å². The van der Waals surface area contributed by atoms with Gasteiger partial charge < -0.3 is 0 Å². The smallest absolute Gasteiger partial charge is 0.293 e. The van der Waals surface area contributed by atoms with Crippen LogP contribution in [0.15, 0.2) is 66.9 Å². The second-order valence-electron chi connectivity index (χ2n) is 7.97. The van der Waals surface area contributed by atoms with Crippen molar-refractivity contribution in [1.82, 2.24) is 14.9 Å². The second-order valence-corrected chi connectivity index (χ2v) is 9.58. The number of alkyl halides is 3. The number of benzene rings is 2. The Bertz CT molecular complexity index is 1270. The second kappa shape index (κ2) is 8.89. The number of halogens is 4. The molecule has 2 aromatic carbocycles. The molecule has 0 unspecified atom stereocenters. The van der Waals surface area contributed by atoms with Crippen LogP contribution >= 0.6 is 22.9 Å². The third-order valence-corrected chi connectivity index (χ3v) is 7.02. The molecule has 0 bridgehead atoms. The fourth-order valence-electron chi connectivity index (χ4n) is 3.91. The summed E-state index contributed by atoms with van der Waals surface area (Å²) in [6.45, 7) is 2.46. The average Bonchev–Trinajstić information content (AvgIpc) is 3.27. The largest absolute Gasteiger partial charge is 0.416 e. The summed E-state index contributed by atoms with van der Waals surface area (Å²) >= 11 is 7.76. The molecule has 2 aromatic heterocycles. The van der Waals surface area contributed by atoms with Gasteiger partial charge in [-0.3, -0.25) is 4.90 Å². The number of hydrogen-bond donors (Lipinski definition) is 0. The third-order valence-electron chi connectivity index (χ3n) is 5.65. The molecule has 0 atom stereocenters. The Kier molecular flexibility index (Phi) is 5.95. The molecule has 3 nitrogen and oxygen atoms in total. The number of hydrogen-bond acceptors (Lipinski definition) is 4. The van der Waals surface area contributed by atoms with Crippen LogP contribution in [0.5, 0.6) is 0 Å². The van der Waals surface area contributed by atoms with Crippen molar-refractivity contribution < 1.29 is 13.2 Å². The Morgan fingerprint density at radius 3 is 2.39 bits per heavy atom. The van der Waals surface area contributed by atoms with Crippen LogP contribution in [0, 0.1) is 0 Å². The lowest BCUT2D eigenvalue weighted by Gasteiger charge is -2.27. The van der Waals surface area contributed by atoms with Crippen molar-refractivity contribution in [2.75, 3.05) is 6.54 Å². The lowest BCUT2D eigenvalue weighted by Crippen LogP contribution is -2.30. The monoisotopic (exact) mass is 485 g/mol. The van der Waals surface area contributed by atoms with Gasteiger partial charge in [0.25, 0.3) is 0 Å². The van der Waals surface area contributed by atoms with Crippen LogP contribution in [-0.2, 0) is 25.7 Å². The standard InChI is InChI=1S/C25H19ClF3N3S/c26-20-7-3-16(4-8-20)23-10-9-21(33-23)15-32-12-11-22-18(14-32)13-30-24(31-22)17-1-5-19(6-2-17)25(27,28)29/h1-10,13H,11-12,14-15H2. The highest BCUT2D eigenvalue weighted by molar-refractivity contribution is 7.15. The van der Waals surface area contributed by atoms with E-state index >= 15 is 0 Å². The summed E-state index contributed by atoms with van der Waals surface area (Å²) in [5.74, 6) is 0.460. The molecule has 3 heterocycles. The number of thiophene rings is 1. The summed E-state index contributed by atoms with van der Waals surface area (Å²) in [6, 6.07) is 17.1. The van der Waals surface area contributed by atoms with E-state index in [0.29, 0.717) is 11.4 Å². The zero-order chi connectivity index (χ0) is 23.0. The van der Waals surface area contributed by atoms with Crippen LogP contribution < -0.4 is 0 Å². The SMILES string of the molecule is FC(F)(F)c1ccc(-c2ncc3c(n2)CCN(Cc2ccc(-c4ccc(Cl)cc4)s2)C3)cc1. The first-order valence-corrected chi connectivity index (χ1v) is 11.6. The van der Waals surface area contributed by atoms with E-state index in [9.17, 15) is 13.2 Å². The first-order valence-electron chi connectivity index (χ1n) is 10.4. The summed E-state index contributed by atoms with van der Waals surface area (Å²) in [4.78, 5) is 13.9. The van der Waals surface area contributed by atoms with Crippen LogP contribution in [0.4, 0.5) is 13.2 Å². The van der Waals surface area contributed by atoms with Gasteiger partial charge in [0.2, 0.25) is 0 Å². The van der Waals surface area contributed by atoms with Gasteiger partial charge in [-0.2, -0.15) is 13.2 Å². The molecule has 5 rings (SSSR count). The molecule has 0 fully saturated rings. The lowest BCUT2D eigenvalue weighted by atomic mass is 10.1. The summed E-state index contributed by atoms with van der Waals surface area (Å²) in [6.07, 6.45) is -1.77. The number of nitrogens with zero attached hydrogens (tertiary/aromatic N) is 3. The van der Waals surface area contributed by atoms with E-state index < -0.39 is 11.7 Å². The van der Waals surface area contributed by atoms with E-state index in [0.717, 1.165) is 60.0 Å². The third kappa shape index (κ3) is 4.95. The van der Waals surface area contributed by atoms with Gasteiger partial charge in [0.1, 0.15) is 0 Å². The Hall–Kier alpha value is -2.74. The molecular formula is C25H19ClF3N3S. The van der Waals surface area contributed by atoms with Crippen molar-refractivity contribution in [1.29, 1.82) is 0 Å². The molecule has 0 saturated heterocycles. The van der Waals surface area contributed by atoms with E-state index in [1.807, 2.05) is 24.3 Å². The molecule has 0 saturated carbocycles. The number of aromatic nitrogens is 2. The molecular weight excluding hydrogens is 467 g/mol. The van der Waals surface area contributed by atoms with Gasteiger partial charge in [0.05, 0.1) is 11.3 Å². The Balaban J connectivity index is 1.27. The zero-order valence-electron chi connectivity index (χ0n) is 17.4. The van der Waals surface area contributed by atoms with Crippen molar-refractivity contribution >= 4 is 22.9 Å². The molecule has 0 N–H and O–H groups in total. The van der Waals surface area contributed by atoms with E-state index in [4.69, 9.17) is 11.6 Å². The minimum Gasteiger partial charge on any atom is -0.293 e. The first-order chi connectivity index (χ1) is 15.8. The topological polar surface area (TPSA) is 29.0 Å². The van der Waals surface area contributed by atoms with Crippen molar-refractivity contribution in [3.05, 3.63) is 93.6 Å². The zero-order valence-corrected chi connectivity index (χ0v) is 19.0. The predicted molar refractivity (Wildman–Crippen MR) is 125 cm³/mol. The van der Waals surface area contributed by atoms with Gasteiger partial charge in [0.15, 0.2) is 5.82 Å². The van der Waals surface area contributed by atoms with Crippen molar-refractivity contribution in [2.45, 2.75) is 25.7 Å². The van der Waals surface area contributed by atoms with Crippen molar-refractivity contribution in [3.63, 3.8) is 0 Å². The molecule has 33 heavy (non-hydrogen) atoms. The molecule has 168 valence electrons. The van der Waals surface area contributed by atoms with Gasteiger partial charge in [-0.15, -0.1) is 11.3 Å². The van der Waals surface area contributed by atoms with Crippen LogP contribution in [-0.4, -0.2) is 21.4 Å². The lowest BCUT2D eigenvalue weighted by molar-refractivity contribution is -0.137. The highest BCUT2D eigenvalue weighted by atomic mass is 35.5. The minimum absolute atomic E-state index is 0.460. The minimum atomic E-state index is -4.35. The number of rotatable bonds is 4. The van der Waals surface area contributed by atoms with Gasteiger partial charge >= 0.3 is 6.18 Å². The average molecular weight is 486 g/mol. The number of fused-ring (bicyclic) bond motifs is 1. The fraction of sp³-hybridized carbons (Fsp3) is 0.200. The Labute approximate surface area is 198 Å². The van der Waals surface area contributed by atoms with Gasteiger partial charge in [-0.05, 0) is 42.0 Å². The molecule has 1 aliphatic rings. The van der Waals surface area contributed by atoms with E-state index in [1.165, 1.54) is 21.9 Å². The predicted octanol–water partition coefficient (Wildman–Crippen LogP) is 7.10. The van der Waals surface area contributed by atoms with Crippen molar-refractivity contribution in [3.8, 4) is 21.8 Å². The van der Waals surface area contributed by atoms with Crippen LogP contribution in [0.2, 0.25) is 5.02 Å². The molecule has 1 aliphatic heterocycles. The maximum absolute atomic E-state index is 12.8. The summed E-state index contributed by atoms with van der Waals surface area (Å²) < 4.78 is 38.4. The highest BCUT2D eigenvalue weighted by Crippen LogP contribution is 2.32.